The fourth-order valence-electron chi connectivity index (χ4n) is 4.51. The van der Waals surface area contributed by atoms with E-state index in [1.807, 2.05) is 31.2 Å². The minimum absolute atomic E-state index is 0.0646. The lowest BCUT2D eigenvalue weighted by Crippen LogP contribution is -2.35. The minimum atomic E-state index is -4.50. The second-order valence-corrected chi connectivity index (χ2v) is 12.1. The van der Waals surface area contributed by atoms with Crippen LogP contribution in [0.5, 0.6) is 11.5 Å². The maximum Gasteiger partial charge on any atom is 0.270 e. The number of methoxy groups -OCH3 is 1. The zero-order valence-electron chi connectivity index (χ0n) is 23.6. The highest BCUT2D eigenvalue weighted by molar-refractivity contribution is 7.45. The molecule has 0 saturated carbocycles. The minimum Gasteiger partial charge on any atom is -0.756 e. The molecule has 1 aliphatic heterocycles. The zero-order valence-corrected chi connectivity index (χ0v) is 24.5. The first-order valence-corrected chi connectivity index (χ1v) is 14.6. The molecule has 2 aromatic rings. The summed E-state index contributed by atoms with van der Waals surface area (Å²) in [6, 6.07) is 15.7. The summed E-state index contributed by atoms with van der Waals surface area (Å²) >= 11 is 0. The molecule has 2 aromatic carbocycles. The van der Waals surface area contributed by atoms with E-state index in [9.17, 15) is 14.3 Å². The van der Waals surface area contributed by atoms with Crippen molar-refractivity contribution < 1.29 is 36.9 Å². The lowest BCUT2D eigenvalue weighted by Gasteiger charge is -2.24. The van der Waals surface area contributed by atoms with Crippen LogP contribution in [0.25, 0.3) is 33.4 Å². The molecular formula is C30H36NO8P. The molecule has 9 nitrogen and oxygen atoms in total. The van der Waals surface area contributed by atoms with Crippen LogP contribution in [-0.4, -0.2) is 52.7 Å². The van der Waals surface area contributed by atoms with Gasteiger partial charge in [-0.1, -0.05) is 6.07 Å². The molecule has 1 unspecified atom stereocenters. The Hall–Kier alpha value is -3.20. The zero-order chi connectivity index (χ0) is 28.9. The highest BCUT2D eigenvalue weighted by Gasteiger charge is 2.19. The number of unbranched alkanes of at least 4 members (excludes halogenated alkanes) is 2. The second kappa shape index (κ2) is 12.5. The first-order chi connectivity index (χ1) is 19.0. The molecule has 4 rings (SSSR count). The van der Waals surface area contributed by atoms with Gasteiger partial charge in [-0.15, -0.1) is 0 Å². The van der Waals surface area contributed by atoms with E-state index >= 15 is 0 Å². The number of hydrogen-bond donors (Lipinski definition) is 0. The maximum absolute atomic E-state index is 12.1. The first kappa shape index (κ1) is 29.8. The molecule has 1 heterocycles. The molecule has 0 fully saturated rings. The van der Waals surface area contributed by atoms with Crippen LogP contribution in [0.4, 0.5) is 0 Å². The second-order valence-electron chi connectivity index (χ2n) is 10.7. The van der Waals surface area contributed by atoms with Gasteiger partial charge in [0.2, 0.25) is 0 Å². The van der Waals surface area contributed by atoms with E-state index in [0.717, 1.165) is 57.3 Å². The van der Waals surface area contributed by atoms with Gasteiger partial charge in [0.15, 0.2) is 12.2 Å². The average molecular weight is 570 g/mol. The van der Waals surface area contributed by atoms with Gasteiger partial charge < -0.3 is 27.8 Å². The van der Waals surface area contributed by atoms with Crippen molar-refractivity contribution in [3.8, 4) is 33.9 Å². The molecule has 214 valence electrons. The van der Waals surface area contributed by atoms with Gasteiger partial charge in [-0.2, -0.15) is 0 Å². The monoisotopic (exact) mass is 569 g/mol. The van der Waals surface area contributed by atoms with Crippen LogP contribution in [0, 0.1) is 6.92 Å². The fourth-order valence-corrected chi connectivity index (χ4v) is 5.12. The number of nitrogens with zero attached hydrogens (tertiary/aromatic N) is 1. The third-order valence-corrected chi connectivity index (χ3v) is 7.45. The number of fused-ring (bicyclic) bond motifs is 2. The van der Waals surface area contributed by atoms with Gasteiger partial charge in [-0.3, -0.25) is 13.9 Å². The van der Waals surface area contributed by atoms with Crippen molar-refractivity contribution in [2.45, 2.75) is 26.2 Å². The van der Waals surface area contributed by atoms with Gasteiger partial charge in [0, 0.05) is 28.6 Å². The molecule has 2 aliphatic rings. The molecule has 0 spiro atoms. The van der Waals surface area contributed by atoms with Crippen LogP contribution in [0.3, 0.4) is 0 Å². The Bertz CT molecular complexity index is 1540. The van der Waals surface area contributed by atoms with Crippen molar-refractivity contribution in [3.05, 3.63) is 70.4 Å². The van der Waals surface area contributed by atoms with Crippen LogP contribution in [0.2, 0.25) is 0 Å². The number of ether oxygens (including phenoxy) is 2. The van der Waals surface area contributed by atoms with Crippen molar-refractivity contribution in [1.82, 2.24) is 0 Å². The lowest BCUT2D eigenvalue weighted by atomic mass is 9.91. The van der Waals surface area contributed by atoms with Crippen LogP contribution in [0.1, 0.15) is 24.8 Å². The summed E-state index contributed by atoms with van der Waals surface area (Å²) in [5.74, 6) is 1.51. The van der Waals surface area contributed by atoms with Crippen molar-refractivity contribution in [1.29, 1.82) is 0 Å². The number of phosphoric ester groups is 1. The number of phosphoric acid groups is 1. The van der Waals surface area contributed by atoms with Gasteiger partial charge in [-0.05, 0) is 73.7 Å². The Balaban J connectivity index is 1.48. The van der Waals surface area contributed by atoms with E-state index in [2.05, 4.69) is 21.1 Å². The van der Waals surface area contributed by atoms with Crippen molar-refractivity contribution >= 4 is 18.8 Å². The molecule has 1 aliphatic carbocycles. The van der Waals surface area contributed by atoms with Gasteiger partial charge in [0.1, 0.15) is 22.8 Å². The number of rotatable bonds is 13. The van der Waals surface area contributed by atoms with Crippen molar-refractivity contribution in [3.63, 3.8) is 0 Å². The fraction of sp³-hybridized carbons (Fsp3) is 0.367. The Morgan fingerprint density at radius 3 is 2.38 bits per heavy atom. The smallest absolute Gasteiger partial charge is 0.270 e. The standard InChI is InChI=1S/C30H36NO8P/c1-21-17-23(35-5)10-13-25(21)30-26-12-9-22(32)18-28(26)39-29-19-24(11-14-27(29)30)36-20-38-40(33,34)37-16-8-6-7-15-31(2,3)4/h9-14,17-19H,6-8,15-16,20H2,1-5H3. The van der Waals surface area contributed by atoms with Crippen LogP contribution in [-0.2, 0) is 13.6 Å². The van der Waals surface area contributed by atoms with Crippen LogP contribution in [0.15, 0.2) is 63.8 Å². The maximum atomic E-state index is 12.1. The molecule has 1 atom stereocenters. The molecule has 0 saturated heterocycles. The van der Waals surface area contributed by atoms with Gasteiger partial charge >= 0.3 is 0 Å². The van der Waals surface area contributed by atoms with Gasteiger partial charge in [-0.25, -0.2) is 0 Å². The van der Waals surface area contributed by atoms with E-state index in [4.69, 9.17) is 22.9 Å². The quantitative estimate of drug-likeness (QED) is 0.0674. The SMILES string of the molecule is COc1ccc(-c2c3ccc(=O)cc-3oc3cc(OCOP(=O)([O-])OCCCCC[N+](C)(C)C)ccc23)c(C)c1. The van der Waals surface area contributed by atoms with Crippen molar-refractivity contribution in [2.24, 2.45) is 0 Å². The highest BCUT2D eigenvalue weighted by Crippen LogP contribution is 2.43. The molecule has 0 aromatic heterocycles. The Kier molecular flexibility index (Phi) is 9.33. The molecule has 10 heteroatoms. The Labute approximate surface area is 234 Å². The summed E-state index contributed by atoms with van der Waals surface area (Å²) in [5.41, 5.74) is 3.94. The molecular weight excluding hydrogens is 533 g/mol. The summed E-state index contributed by atoms with van der Waals surface area (Å²) in [6.45, 7) is 2.52. The first-order valence-electron chi connectivity index (χ1n) is 13.1. The lowest BCUT2D eigenvalue weighted by molar-refractivity contribution is -0.870. The summed E-state index contributed by atoms with van der Waals surface area (Å²) in [6.07, 6.45) is 2.48. The third kappa shape index (κ3) is 7.71. The van der Waals surface area contributed by atoms with Gasteiger partial charge in [0.05, 0.1) is 41.4 Å². The normalized spacial score (nSPS) is 13.4. The number of aryl methyl sites for hydroxylation is 1. The molecule has 40 heavy (non-hydrogen) atoms. The number of benzene rings is 3. The summed E-state index contributed by atoms with van der Waals surface area (Å²) in [4.78, 5) is 24.2. The Morgan fingerprint density at radius 1 is 0.900 bits per heavy atom. The molecule has 0 bridgehead atoms. The Morgan fingerprint density at radius 2 is 1.65 bits per heavy atom. The van der Waals surface area contributed by atoms with Crippen LogP contribution < -0.4 is 19.8 Å². The van der Waals surface area contributed by atoms with Crippen LogP contribution >= 0.6 is 7.82 Å². The van der Waals surface area contributed by atoms with Crippen molar-refractivity contribution in [2.75, 3.05) is 48.2 Å². The molecule has 0 amide bonds. The predicted octanol–water partition coefficient (Wildman–Crippen LogP) is 5.60. The van der Waals surface area contributed by atoms with E-state index in [1.165, 1.54) is 12.1 Å². The number of quaternary nitrogens is 1. The number of hydrogen-bond acceptors (Lipinski definition) is 8. The van der Waals surface area contributed by atoms with E-state index in [-0.39, 0.29) is 12.0 Å². The predicted molar refractivity (Wildman–Crippen MR) is 153 cm³/mol. The third-order valence-electron chi connectivity index (χ3n) is 6.53. The largest absolute Gasteiger partial charge is 0.756 e. The van der Waals surface area contributed by atoms with E-state index < -0.39 is 14.6 Å². The highest BCUT2D eigenvalue weighted by atomic mass is 31.2. The van der Waals surface area contributed by atoms with E-state index in [1.54, 1.807) is 25.3 Å². The molecule has 0 radical (unpaired) electrons. The molecule has 0 N–H and O–H groups in total. The van der Waals surface area contributed by atoms with Gasteiger partial charge in [0.25, 0.3) is 7.82 Å². The average Bonchev–Trinajstić information content (AvgIpc) is 2.88. The summed E-state index contributed by atoms with van der Waals surface area (Å²) in [7, 11) is 3.46. The summed E-state index contributed by atoms with van der Waals surface area (Å²) in [5, 5.41) is 0.802. The summed E-state index contributed by atoms with van der Waals surface area (Å²) < 4.78 is 39.8. The topological polar surface area (TPSA) is 107 Å². The van der Waals surface area contributed by atoms with E-state index in [0.29, 0.717) is 23.5 Å².